The first-order valence-electron chi connectivity index (χ1n) is 7.22. The zero-order valence-electron chi connectivity index (χ0n) is 13.7. The first kappa shape index (κ1) is 20.0. The lowest BCUT2D eigenvalue weighted by Crippen LogP contribution is -2.23. The molecule has 2 aromatic rings. The van der Waals surface area contributed by atoms with Crippen molar-refractivity contribution in [2.45, 2.75) is 12.7 Å². The van der Waals surface area contributed by atoms with E-state index in [2.05, 4.69) is 21.2 Å². The van der Waals surface area contributed by atoms with Crippen molar-refractivity contribution >= 4 is 21.8 Å². The Balaban J connectivity index is 2.18. The van der Waals surface area contributed by atoms with E-state index < -0.39 is 23.5 Å². The smallest absolute Gasteiger partial charge is 0.419 e. The molecule has 0 unspecified atom stereocenters. The van der Waals surface area contributed by atoms with Crippen LogP contribution in [-0.2, 0) is 12.7 Å². The molecular formula is C17H14BrF4NO3. The number of rotatable bonds is 5. The fourth-order valence-electron chi connectivity index (χ4n) is 2.24. The summed E-state index contributed by atoms with van der Waals surface area (Å²) in [6, 6.07) is 5.38. The molecule has 140 valence electrons. The Bertz CT molecular complexity index is 824. The fraction of sp³-hybridized carbons (Fsp3) is 0.235. The molecule has 0 saturated carbocycles. The molecule has 0 aliphatic carbocycles. The molecule has 0 heterocycles. The number of halogens is 5. The van der Waals surface area contributed by atoms with Crippen LogP contribution in [0.1, 0.15) is 21.5 Å². The van der Waals surface area contributed by atoms with Gasteiger partial charge in [-0.25, -0.2) is 4.39 Å². The van der Waals surface area contributed by atoms with Gasteiger partial charge in [0.2, 0.25) is 0 Å². The molecule has 0 aromatic heterocycles. The largest absolute Gasteiger partial charge is 0.493 e. The van der Waals surface area contributed by atoms with Gasteiger partial charge in [-0.2, -0.15) is 13.2 Å². The van der Waals surface area contributed by atoms with Gasteiger partial charge in [0.05, 0.1) is 24.3 Å². The molecule has 0 saturated heterocycles. The van der Waals surface area contributed by atoms with Crippen LogP contribution in [0.2, 0.25) is 0 Å². The number of hydrogen-bond donors (Lipinski definition) is 1. The lowest BCUT2D eigenvalue weighted by Gasteiger charge is -2.13. The van der Waals surface area contributed by atoms with Crippen molar-refractivity contribution in [1.29, 1.82) is 0 Å². The molecule has 2 rings (SSSR count). The summed E-state index contributed by atoms with van der Waals surface area (Å²) in [4.78, 5) is 12.1. The predicted octanol–water partition coefficient (Wildman–Crippen LogP) is 4.55. The summed E-state index contributed by atoms with van der Waals surface area (Å²) in [5.74, 6) is -1.30. The third-order valence-corrected chi connectivity index (χ3v) is 4.07. The van der Waals surface area contributed by atoms with Crippen LogP contribution in [0.4, 0.5) is 17.6 Å². The summed E-state index contributed by atoms with van der Waals surface area (Å²) < 4.78 is 62.5. The Morgan fingerprint density at radius 2 is 1.85 bits per heavy atom. The normalized spacial score (nSPS) is 11.2. The second-order valence-corrected chi connectivity index (χ2v) is 6.04. The standard InChI is InChI=1S/C17H14BrF4NO3/c1-25-14-6-9(5-12(18)15(14)26-2)8-23-16(24)10-3-4-13(19)11(7-10)17(20,21)22/h3-7H,8H2,1-2H3,(H,23,24). The molecule has 0 aliphatic rings. The summed E-state index contributed by atoms with van der Waals surface area (Å²) in [7, 11) is 2.92. The van der Waals surface area contributed by atoms with Crippen LogP contribution in [0, 0.1) is 5.82 Å². The van der Waals surface area contributed by atoms with Crippen molar-refractivity contribution in [3.05, 3.63) is 57.3 Å². The Kier molecular flexibility index (Phi) is 6.12. The third kappa shape index (κ3) is 4.46. The highest BCUT2D eigenvalue weighted by molar-refractivity contribution is 9.10. The van der Waals surface area contributed by atoms with Gasteiger partial charge in [-0.1, -0.05) is 0 Å². The molecule has 1 amide bonds. The van der Waals surface area contributed by atoms with E-state index in [0.717, 1.165) is 6.07 Å². The maximum absolute atomic E-state index is 13.3. The first-order valence-corrected chi connectivity index (χ1v) is 8.02. The number of alkyl halides is 3. The minimum Gasteiger partial charge on any atom is -0.493 e. The van der Waals surface area contributed by atoms with Gasteiger partial charge in [0.1, 0.15) is 5.82 Å². The molecule has 4 nitrogen and oxygen atoms in total. The van der Waals surface area contributed by atoms with Crippen molar-refractivity contribution in [3.63, 3.8) is 0 Å². The molecule has 0 fully saturated rings. The van der Waals surface area contributed by atoms with E-state index in [-0.39, 0.29) is 12.1 Å². The maximum Gasteiger partial charge on any atom is 0.419 e. The molecule has 0 spiro atoms. The van der Waals surface area contributed by atoms with E-state index >= 15 is 0 Å². The monoisotopic (exact) mass is 435 g/mol. The van der Waals surface area contributed by atoms with Gasteiger partial charge in [0.15, 0.2) is 11.5 Å². The van der Waals surface area contributed by atoms with E-state index in [1.54, 1.807) is 12.1 Å². The van der Waals surface area contributed by atoms with Crippen molar-refractivity contribution in [2.24, 2.45) is 0 Å². The molecule has 0 aliphatic heterocycles. The molecule has 0 bridgehead atoms. The van der Waals surface area contributed by atoms with E-state index in [1.165, 1.54) is 14.2 Å². The number of hydrogen-bond acceptors (Lipinski definition) is 3. The van der Waals surface area contributed by atoms with Gasteiger partial charge in [0.25, 0.3) is 5.91 Å². The van der Waals surface area contributed by atoms with Gasteiger partial charge >= 0.3 is 6.18 Å². The second kappa shape index (κ2) is 7.94. The van der Waals surface area contributed by atoms with E-state index in [4.69, 9.17) is 9.47 Å². The minimum atomic E-state index is -4.88. The highest BCUT2D eigenvalue weighted by Gasteiger charge is 2.34. The quantitative estimate of drug-likeness (QED) is 0.700. The summed E-state index contributed by atoms with van der Waals surface area (Å²) in [6.07, 6.45) is -4.88. The van der Waals surface area contributed by atoms with Crippen LogP contribution in [-0.4, -0.2) is 20.1 Å². The number of amides is 1. The fourth-order valence-corrected chi connectivity index (χ4v) is 2.89. The van der Waals surface area contributed by atoms with Gasteiger partial charge in [-0.05, 0) is 51.8 Å². The van der Waals surface area contributed by atoms with E-state index in [0.29, 0.717) is 33.7 Å². The van der Waals surface area contributed by atoms with E-state index in [1.807, 2.05) is 0 Å². The molecule has 1 N–H and O–H groups in total. The minimum absolute atomic E-state index is 0.0243. The van der Waals surface area contributed by atoms with Crippen LogP contribution < -0.4 is 14.8 Å². The van der Waals surface area contributed by atoms with Crippen molar-refractivity contribution in [3.8, 4) is 11.5 Å². The lowest BCUT2D eigenvalue weighted by atomic mass is 10.1. The molecule has 26 heavy (non-hydrogen) atoms. The third-order valence-electron chi connectivity index (χ3n) is 3.48. The topological polar surface area (TPSA) is 47.6 Å². The van der Waals surface area contributed by atoms with Crippen molar-refractivity contribution in [1.82, 2.24) is 5.32 Å². The SMILES string of the molecule is COc1cc(CNC(=O)c2ccc(F)c(C(F)(F)F)c2)cc(Br)c1OC. The Morgan fingerprint density at radius 1 is 1.15 bits per heavy atom. The van der Waals surface area contributed by atoms with Crippen LogP contribution in [0.5, 0.6) is 11.5 Å². The van der Waals surface area contributed by atoms with Crippen LogP contribution in [0.3, 0.4) is 0 Å². The Hall–Kier alpha value is -2.29. The number of ether oxygens (including phenoxy) is 2. The van der Waals surface area contributed by atoms with Crippen LogP contribution in [0.25, 0.3) is 0 Å². The Labute approximate surface area is 155 Å². The second-order valence-electron chi connectivity index (χ2n) is 5.19. The molecule has 2 aromatic carbocycles. The summed E-state index contributed by atoms with van der Waals surface area (Å²) >= 11 is 3.31. The van der Waals surface area contributed by atoms with Gasteiger partial charge < -0.3 is 14.8 Å². The van der Waals surface area contributed by atoms with Gasteiger partial charge in [-0.15, -0.1) is 0 Å². The first-order chi connectivity index (χ1) is 12.2. The average molecular weight is 436 g/mol. The number of benzene rings is 2. The summed E-state index contributed by atoms with van der Waals surface area (Å²) in [5, 5.41) is 2.48. The zero-order chi connectivity index (χ0) is 19.5. The molecule has 9 heteroatoms. The van der Waals surface area contributed by atoms with Crippen molar-refractivity contribution in [2.75, 3.05) is 14.2 Å². The average Bonchev–Trinajstić information content (AvgIpc) is 2.58. The summed E-state index contributed by atoms with van der Waals surface area (Å²) in [6.45, 7) is 0.0243. The lowest BCUT2D eigenvalue weighted by molar-refractivity contribution is -0.140. The maximum atomic E-state index is 13.3. The summed E-state index contributed by atoms with van der Waals surface area (Å²) in [5.41, 5.74) is -1.15. The molecule has 0 atom stereocenters. The zero-order valence-corrected chi connectivity index (χ0v) is 15.3. The molecule has 0 radical (unpaired) electrons. The number of carbonyl (C=O) groups is 1. The highest BCUT2D eigenvalue weighted by Crippen LogP contribution is 2.36. The number of carbonyl (C=O) groups excluding carboxylic acids is 1. The molecular weight excluding hydrogens is 422 g/mol. The van der Waals surface area contributed by atoms with Crippen LogP contribution in [0.15, 0.2) is 34.8 Å². The predicted molar refractivity (Wildman–Crippen MR) is 89.8 cm³/mol. The number of nitrogens with one attached hydrogen (secondary N) is 1. The van der Waals surface area contributed by atoms with Crippen LogP contribution >= 0.6 is 15.9 Å². The van der Waals surface area contributed by atoms with Gasteiger partial charge in [0, 0.05) is 12.1 Å². The number of methoxy groups -OCH3 is 2. The van der Waals surface area contributed by atoms with Crippen molar-refractivity contribution < 1.29 is 31.8 Å². The van der Waals surface area contributed by atoms with E-state index in [9.17, 15) is 22.4 Å². The highest BCUT2D eigenvalue weighted by atomic mass is 79.9. The van der Waals surface area contributed by atoms with Gasteiger partial charge in [-0.3, -0.25) is 4.79 Å². The Morgan fingerprint density at radius 3 is 2.42 bits per heavy atom.